The maximum Gasteiger partial charge on any atom is 0.407 e. The van der Waals surface area contributed by atoms with Gasteiger partial charge < -0.3 is 15.2 Å². The number of alkyl carbamates (subject to hydrolysis) is 1. The van der Waals surface area contributed by atoms with E-state index in [2.05, 4.69) is 10.1 Å². The van der Waals surface area contributed by atoms with Crippen LogP contribution in [0.15, 0.2) is 24.3 Å². The molecule has 0 bridgehead atoms. The van der Waals surface area contributed by atoms with E-state index >= 15 is 0 Å². The van der Waals surface area contributed by atoms with E-state index in [9.17, 15) is 9.59 Å². The monoisotopic (exact) mass is 287 g/mol. The van der Waals surface area contributed by atoms with E-state index in [0.29, 0.717) is 0 Å². The Labute approximate surface area is 118 Å². The van der Waals surface area contributed by atoms with Gasteiger partial charge in [0.1, 0.15) is 6.04 Å². The standard InChI is InChI=1S/C13H17NO4.ClH/c1-3-18-13(17)14-11(12(15)16)8-10-7-5-4-6-9(10)2;/h4-7,11H,3,8H2,1-2H3,(H,14,17)(H,15,16);1H/t11-;/m0./s1. The van der Waals surface area contributed by atoms with Crippen LogP contribution in [0.1, 0.15) is 18.1 Å². The molecule has 0 aliphatic rings. The first-order valence-corrected chi connectivity index (χ1v) is 5.75. The normalized spacial score (nSPS) is 11.1. The summed E-state index contributed by atoms with van der Waals surface area (Å²) in [7, 11) is 0. The molecule has 1 atom stereocenters. The fourth-order valence-corrected chi connectivity index (χ4v) is 1.57. The predicted molar refractivity (Wildman–Crippen MR) is 73.7 cm³/mol. The second kappa shape index (κ2) is 8.37. The number of hydrogen-bond acceptors (Lipinski definition) is 3. The number of halogens is 1. The molecule has 0 aromatic heterocycles. The van der Waals surface area contributed by atoms with Crippen molar-refractivity contribution in [3.05, 3.63) is 35.4 Å². The average molecular weight is 288 g/mol. The first-order valence-electron chi connectivity index (χ1n) is 5.75. The Morgan fingerprint density at radius 1 is 1.37 bits per heavy atom. The summed E-state index contributed by atoms with van der Waals surface area (Å²) in [6.07, 6.45) is -0.473. The van der Waals surface area contributed by atoms with Crippen molar-refractivity contribution in [2.45, 2.75) is 26.3 Å². The van der Waals surface area contributed by atoms with Gasteiger partial charge in [-0.25, -0.2) is 9.59 Å². The molecule has 0 spiro atoms. The number of ether oxygens (including phenoxy) is 1. The van der Waals surface area contributed by atoms with Gasteiger partial charge in [-0.2, -0.15) is 0 Å². The lowest BCUT2D eigenvalue weighted by atomic mass is 10.0. The first-order chi connectivity index (χ1) is 8.54. The molecule has 0 heterocycles. The minimum absolute atomic E-state index is 0. The molecule has 1 rings (SSSR count). The molecule has 6 heteroatoms. The zero-order chi connectivity index (χ0) is 13.5. The van der Waals surface area contributed by atoms with Crippen LogP contribution in [0.5, 0.6) is 0 Å². The van der Waals surface area contributed by atoms with Gasteiger partial charge in [0.2, 0.25) is 0 Å². The Bertz CT molecular complexity index is 436. The van der Waals surface area contributed by atoms with Gasteiger partial charge in [-0.3, -0.25) is 0 Å². The van der Waals surface area contributed by atoms with Gasteiger partial charge in [-0.15, -0.1) is 12.4 Å². The van der Waals surface area contributed by atoms with Crippen LogP contribution < -0.4 is 5.32 Å². The molecular weight excluding hydrogens is 270 g/mol. The number of carbonyl (C=O) groups excluding carboxylic acids is 1. The second-order valence-corrected chi connectivity index (χ2v) is 3.89. The third-order valence-electron chi connectivity index (χ3n) is 2.55. The summed E-state index contributed by atoms with van der Waals surface area (Å²) in [5, 5.41) is 11.4. The molecule has 0 saturated carbocycles. The molecule has 1 amide bonds. The number of amides is 1. The number of benzene rings is 1. The third-order valence-corrected chi connectivity index (χ3v) is 2.55. The summed E-state index contributed by atoms with van der Waals surface area (Å²) >= 11 is 0. The van der Waals surface area contributed by atoms with Crippen LogP contribution in [0, 0.1) is 6.92 Å². The van der Waals surface area contributed by atoms with Crippen molar-refractivity contribution < 1.29 is 19.4 Å². The molecule has 0 saturated heterocycles. The van der Waals surface area contributed by atoms with Crippen molar-refractivity contribution in [3.8, 4) is 0 Å². The van der Waals surface area contributed by atoms with E-state index < -0.39 is 18.1 Å². The van der Waals surface area contributed by atoms with Crippen molar-refractivity contribution >= 4 is 24.5 Å². The molecular formula is C13H18ClNO4. The summed E-state index contributed by atoms with van der Waals surface area (Å²) in [5.74, 6) is -1.08. The number of aryl methyl sites for hydroxylation is 1. The molecule has 0 aliphatic heterocycles. The Morgan fingerprint density at radius 3 is 2.53 bits per heavy atom. The summed E-state index contributed by atoms with van der Waals surface area (Å²) in [5.41, 5.74) is 1.89. The van der Waals surface area contributed by atoms with E-state index in [1.54, 1.807) is 6.92 Å². The molecule has 19 heavy (non-hydrogen) atoms. The largest absolute Gasteiger partial charge is 0.480 e. The molecule has 2 N–H and O–H groups in total. The van der Waals surface area contributed by atoms with E-state index in [-0.39, 0.29) is 25.4 Å². The van der Waals surface area contributed by atoms with Gasteiger partial charge in [-0.1, -0.05) is 24.3 Å². The molecule has 106 valence electrons. The molecule has 1 aromatic rings. The number of carboxylic acids is 1. The Hall–Kier alpha value is -1.75. The van der Waals surface area contributed by atoms with Crippen molar-refractivity contribution in [3.63, 3.8) is 0 Å². The number of rotatable bonds is 5. The Kier molecular flexibility index (Phi) is 7.60. The second-order valence-electron chi connectivity index (χ2n) is 3.89. The third kappa shape index (κ3) is 5.61. The van der Waals surface area contributed by atoms with Crippen LogP contribution in [-0.2, 0) is 16.0 Å². The zero-order valence-electron chi connectivity index (χ0n) is 10.9. The number of aliphatic carboxylic acids is 1. The van der Waals surface area contributed by atoms with Crippen molar-refractivity contribution in [1.82, 2.24) is 5.32 Å². The maximum atomic E-state index is 11.2. The van der Waals surface area contributed by atoms with Gasteiger partial charge in [-0.05, 0) is 25.0 Å². The predicted octanol–water partition coefficient (Wildman–Crippen LogP) is 2.16. The fraction of sp³-hybridized carbons (Fsp3) is 0.385. The van der Waals surface area contributed by atoms with Crippen LogP contribution in [-0.4, -0.2) is 29.8 Å². The summed E-state index contributed by atoms with van der Waals surface area (Å²) in [6.45, 7) is 3.78. The highest BCUT2D eigenvalue weighted by Crippen LogP contribution is 2.10. The number of hydrogen-bond donors (Lipinski definition) is 2. The van der Waals surface area contributed by atoms with Crippen LogP contribution in [0.2, 0.25) is 0 Å². The summed E-state index contributed by atoms with van der Waals surface area (Å²) in [4.78, 5) is 22.3. The van der Waals surface area contributed by atoms with Gasteiger partial charge in [0.15, 0.2) is 0 Å². The van der Waals surface area contributed by atoms with Gasteiger partial charge in [0.25, 0.3) is 0 Å². The van der Waals surface area contributed by atoms with Crippen LogP contribution in [0.3, 0.4) is 0 Å². The minimum atomic E-state index is -1.08. The van der Waals surface area contributed by atoms with Crippen LogP contribution in [0.25, 0.3) is 0 Å². The first kappa shape index (κ1) is 17.2. The SMILES string of the molecule is CCOC(=O)N[C@@H](Cc1ccccc1C)C(=O)O.Cl. The van der Waals surface area contributed by atoms with Crippen LogP contribution >= 0.6 is 12.4 Å². The summed E-state index contributed by atoms with van der Waals surface area (Å²) < 4.78 is 4.68. The number of carbonyl (C=O) groups is 2. The smallest absolute Gasteiger partial charge is 0.407 e. The molecule has 0 unspecified atom stereocenters. The minimum Gasteiger partial charge on any atom is -0.480 e. The van der Waals surface area contributed by atoms with Crippen molar-refractivity contribution in [1.29, 1.82) is 0 Å². The molecule has 0 radical (unpaired) electrons. The van der Waals surface area contributed by atoms with E-state index in [4.69, 9.17) is 5.11 Å². The highest BCUT2D eigenvalue weighted by molar-refractivity contribution is 5.85. The lowest BCUT2D eigenvalue weighted by Crippen LogP contribution is -2.42. The van der Waals surface area contributed by atoms with Gasteiger partial charge in [0, 0.05) is 6.42 Å². The lowest BCUT2D eigenvalue weighted by Gasteiger charge is -2.15. The molecule has 0 fully saturated rings. The van der Waals surface area contributed by atoms with Gasteiger partial charge >= 0.3 is 12.1 Å². The van der Waals surface area contributed by atoms with Crippen molar-refractivity contribution in [2.24, 2.45) is 0 Å². The Morgan fingerprint density at radius 2 is 2.00 bits per heavy atom. The highest BCUT2D eigenvalue weighted by Gasteiger charge is 2.21. The van der Waals surface area contributed by atoms with E-state index in [1.807, 2.05) is 31.2 Å². The lowest BCUT2D eigenvalue weighted by molar-refractivity contribution is -0.139. The van der Waals surface area contributed by atoms with E-state index in [1.165, 1.54) is 0 Å². The molecule has 0 aliphatic carbocycles. The Balaban J connectivity index is 0.00000324. The van der Waals surface area contributed by atoms with E-state index in [0.717, 1.165) is 11.1 Å². The average Bonchev–Trinajstić information content (AvgIpc) is 2.31. The topological polar surface area (TPSA) is 75.6 Å². The maximum absolute atomic E-state index is 11.2. The van der Waals surface area contributed by atoms with Crippen molar-refractivity contribution in [2.75, 3.05) is 6.61 Å². The number of nitrogens with one attached hydrogen (secondary N) is 1. The van der Waals surface area contributed by atoms with Crippen LogP contribution in [0.4, 0.5) is 4.79 Å². The molecule has 5 nitrogen and oxygen atoms in total. The quantitative estimate of drug-likeness (QED) is 0.870. The van der Waals surface area contributed by atoms with Gasteiger partial charge in [0.05, 0.1) is 6.61 Å². The zero-order valence-corrected chi connectivity index (χ0v) is 11.7. The fourth-order valence-electron chi connectivity index (χ4n) is 1.57. The number of carboxylic acid groups (broad SMARTS) is 1. The summed E-state index contributed by atoms with van der Waals surface area (Å²) in [6, 6.07) is 6.49. The molecule has 1 aromatic carbocycles. The highest BCUT2D eigenvalue weighted by atomic mass is 35.5.